The van der Waals surface area contributed by atoms with Crippen molar-refractivity contribution in [2.24, 2.45) is 0 Å². The Labute approximate surface area is 146 Å². The Balaban J connectivity index is 1.78. The molecule has 1 aromatic carbocycles. The molecule has 0 amide bonds. The van der Waals surface area contributed by atoms with Gasteiger partial charge >= 0.3 is 0 Å². The lowest BCUT2D eigenvalue weighted by atomic mass is 10.1. The highest BCUT2D eigenvalue weighted by molar-refractivity contribution is 7.11. The van der Waals surface area contributed by atoms with Gasteiger partial charge in [-0.15, -0.1) is 11.3 Å². The Hall–Kier alpha value is -1.76. The van der Waals surface area contributed by atoms with Crippen molar-refractivity contribution in [1.82, 2.24) is 4.90 Å². The van der Waals surface area contributed by atoms with E-state index in [0.717, 1.165) is 48.9 Å². The molecule has 0 radical (unpaired) electrons. The SMILES string of the molecule is COc1cc2c(cc1CN(CCCO)Cc1ccc(C)s1)OCO2. The number of hydrogen-bond acceptors (Lipinski definition) is 6. The van der Waals surface area contributed by atoms with Gasteiger partial charge in [0.15, 0.2) is 11.5 Å². The van der Waals surface area contributed by atoms with E-state index in [1.807, 2.05) is 23.5 Å². The minimum Gasteiger partial charge on any atom is -0.496 e. The molecule has 1 aliphatic heterocycles. The zero-order chi connectivity index (χ0) is 16.9. The second-order valence-corrected chi connectivity index (χ2v) is 7.19. The molecule has 0 bridgehead atoms. The number of rotatable bonds is 8. The molecule has 0 unspecified atom stereocenters. The summed E-state index contributed by atoms with van der Waals surface area (Å²) in [4.78, 5) is 4.96. The minimum atomic E-state index is 0.193. The Morgan fingerprint density at radius 1 is 1.21 bits per heavy atom. The maximum Gasteiger partial charge on any atom is 0.231 e. The van der Waals surface area contributed by atoms with E-state index in [2.05, 4.69) is 24.0 Å². The van der Waals surface area contributed by atoms with E-state index in [9.17, 15) is 5.11 Å². The van der Waals surface area contributed by atoms with Crippen LogP contribution in [0.4, 0.5) is 0 Å². The van der Waals surface area contributed by atoms with Crippen molar-refractivity contribution in [1.29, 1.82) is 0 Å². The van der Waals surface area contributed by atoms with Crippen LogP contribution >= 0.6 is 11.3 Å². The molecule has 0 fully saturated rings. The van der Waals surface area contributed by atoms with Crippen LogP contribution in [0.1, 0.15) is 21.7 Å². The summed E-state index contributed by atoms with van der Waals surface area (Å²) in [5.41, 5.74) is 1.06. The molecule has 1 aromatic heterocycles. The summed E-state index contributed by atoms with van der Waals surface area (Å²) in [5, 5.41) is 9.19. The molecule has 5 nitrogen and oxygen atoms in total. The Bertz CT molecular complexity index is 686. The molecule has 130 valence electrons. The zero-order valence-electron chi connectivity index (χ0n) is 14.1. The van der Waals surface area contributed by atoms with E-state index in [-0.39, 0.29) is 13.4 Å². The quantitative estimate of drug-likeness (QED) is 0.793. The second-order valence-electron chi connectivity index (χ2n) is 5.82. The van der Waals surface area contributed by atoms with Gasteiger partial charge in [-0.2, -0.15) is 0 Å². The van der Waals surface area contributed by atoms with E-state index in [1.54, 1.807) is 7.11 Å². The van der Waals surface area contributed by atoms with Crippen LogP contribution in [0.25, 0.3) is 0 Å². The first-order chi connectivity index (χ1) is 11.7. The monoisotopic (exact) mass is 349 g/mol. The molecule has 0 spiro atoms. The smallest absolute Gasteiger partial charge is 0.231 e. The van der Waals surface area contributed by atoms with Gasteiger partial charge in [0.2, 0.25) is 6.79 Å². The van der Waals surface area contributed by atoms with Crippen molar-refractivity contribution in [3.05, 3.63) is 39.6 Å². The van der Waals surface area contributed by atoms with Crippen LogP contribution in [0.5, 0.6) is 17.2 Å². The predicted molar refractivity (Wildman–Crippen MR) is 94.0 cm³/mol. The van der Waals surface area contributed by atoms with Gasteiger partial charge in [-0.1, -0.05) is 0 Å². The van der Waals surface area contributed by atoms with Crippen molar-refractivity contribution >= 4 is 11.3 Å². The van der Waals surface area contributed by atoms with Crippen molar-refractivity contribution in [2.75, 3.05) is 27.1 Å². The highest BCUT2D eigenvalue weighted by atomic mass is 32.1. The first-order valence-electron chi connectivity index (χ1n) is 8.04. The predicted octanol–water partition coefficient (Wildman–Crippen LogP) is 3.18. The average Bonchev–Trinajstić information content (AvgIpc) is 3.20. The molecule has 6 heteroatoms. The molecule has 1 N–H and O–H groups in total. The zero-order valence-corrected chi connectivity index (χ0v) is 14.9. The first kappa shape index (κ1) is 17.1. The standard InChI is InChI=1S/C18H23NO4S/c1-13-4-5-15(24-13)11-19(6-3-7-20)10-14-8-17-18(23-12-22-17)9-16(14)21-2/h4-5,8-9,20H,3,6-7,10-12H2,1-2H3. The largest absolute Gasteiger partial charge is 0.496 e. The third-order valence-electron chi connectivity index (χ3n) is 3.98. The molecule has 0 saturated heterocycles. The maximum atomic E-state index is 9.19. The van der Waals surface area contributed by atoms with Crippen LogP contribution < -0.4 is 14.2 Å². The lowest BCUT2D eigenvalue weighted by Crippen LogP contribution is -2.24. The Morgan fingerprint density at radius 2 is 2.00 bits per heavy atom. The number of aliphatic hydroxyl groups excluding tert-OH is 1. The van der Waals surface area contributed by atoms with Crippen molar-refractivity contribution in [3.63, 3.8) is 0 Å². The van der Waals surface area contributed by atoms with Crippen molar-refractivity contribution in [2.45, 2.75) is 26.4 Å². The number of aryl methyl sites for hydroxylation is 1. The fourth-order valence-corrected chi connectivity index (χ4v) is 3.75. The molecule has 0 saturated carbocycles. The molecule has 1 aliphatic rings. The molecular formula is C18H23NO4S. The van der Waals surface area contributed by atoms with Crippen LogP contribution in [0.3, 0.4) is 0 Å². The Morgan fingerprint density at radius 3 is 2.67 bits per heavy atom. The van der Waals surface area contributed by atoms with E-state index >= 15 is 0 Å². The number of thiophene rings is 1. The molecular weight excluding hydrogens is 326 g/mol. The highest BCUT2D eigenvalue weighted by Crippen LogP contribution is 2.38. The topological polar surface area (TPSA) is 51.2 Å². The van der Waals surface area contributed by atoms with Crippen LogP contribution in [0.15, 0.2) is 24.3 Å². The van der Waals surface area contributed by atoms with Gasteiger partial charge in [0, 0.05) is 47.6 Å². The third-order valence-corrected chi connectivity index (χ3v) is 4.96. The van der Waals surface area contributed by atoms with E-state index in [0.29, 0.717) is 0 Å². The van der Waals surface area contributed by atoms with Crippen LogP contribution in [0, 0.1) is 6.92 Å². The number of nitrogens with zero attached hydrogens (tertiary/aromatic N) is 1. The van der Waals surface area contributed by atoms with Gasteiger partial charge in [-0.25, -0.2) is 0 Å². The third kappa shape index (κ3) is 4.01. The molecule has 2 aromatic rings. The van der Waals surface area contributed by atoms with Crippen LogP contribution in [0.2, 0.25) is 0 Å². The maximum absolute atomic E-state index is 9.19. The van der Waals surface area contributed by atoms with E-state index in [4.69, 9.17) is 14.2 Å². The second kappa shape index (κ2) is 7.88. The first-order valence-corrected chi connectivity index (χ1v) is 8.86. The van der Waals surface area contributed by atoms with Gasteiger partial charge in [-0.3, -0.25) is 4.90 Å². The van der Waals surface area contributed by atoms with Gasteiger partial charge in [0.1, 0.15) is 5.75 Å². The van der Waals surface area contributed by atoms with E-state index in [1.165, 1.54) is 9.75 Å². The normalized spacial score (nSPS) is 12.8. The number of ether oxygens (including phenoxy) is 3. The van der Waals surface area contributed by atoms with Gasteiger partial charge in [-0.05, 0) is 31.5 Å². The van der Waals surface area contributed by atoms with Gasteiger partial charge < -0.3 is 19.3 Å². The summed E-state index contributed by atoms with van der Waals surface area (Å²) in [6.45, 7) is 4.98. The fourth-order valence-electron chi connectivity index (χ4n) is 2.82. The summed E-state index contributed by atoms with van der Waals surface area (Å²) < 4.78 is 16.4. The number of hydrogen-bond donors (Lipinski definition) is 1. The van der Waals surface area contributed by atoms with Crippen molar-refractivity contribution in [3.8, 4) is 17.2 Å². The molecule has 0 atom stereocenters. The minimum absolute atomic E-state index is 0.193. The molecule has 24 heavy (non-hydrogen) atoms. The summed E-state index contributed by atoms with van der Waals surface area (Å²) in [7, 11) is 1.67. The van der Waals surface area contributed by atoms with E-state index < -0.39 is 0 Å². The average molecular weight is 349 g/mol. The summed E-state index contributed by atoms with van der Waals surface area (Å²) in [6, 6.07) is 8.19. The lowest BCUT2D eigenvalue weighted by molar-refractivity contribution is 0.173. The Kier molecular flexibility index (Phi) is 5.60. The summed E-state index contributed by atoms with van der Waals surface area (Å²) in [5.74, 6) is 2.29. The number of fused-ring (bicyclic) bond motifs is 1. The van der Waals surface area contributed by atoms with Gasteiger partial charge in [0.05, 0.1) is 7.11 Å². The van der Waals surface area contributed by atoms with Gasteiger partial charge in [0.25, 0.3) is 0 Å². The highest BCUT2D eigenvalue weighted by Gasteiger charge is 2.19. The number of methoxy groups -OCH3 is 1. The van der Waals surface area contributed by atoms with Crippen LogP contribution in [-0.4, -0.2) is 37.1 Å². The number of aliphatic hydroxyl groups is 1. The number of benzene rings is 1. The molecule has 2 heterocycles. The fraction of sp³-hybridized carbons (Fsp3) is 0.444. The lowest BCUT2D eigenvalue weighted by Gasteiger charge is -2.22. The molecule has 0 aliphatic carbocycles. The van der Waals surface area contributed by atoms with Crippen LogP contribution in [-0.2, 0) is 13.1 Å². The summed E-state index contributed by atoms with van der Waals surface area (Å²) in [6.07, 6.45) is 0.747. The summed E-state index contributed by atoms with van der Waals surface area (Å²) >= 11 is 1.81. The molecule has 3 rings (SSSR count). The van der Waals surface area contributed by atoms with Crippen molar-refractivity contribution < 1.29 is 19.3 Å².